The van der Waals surface area contributed by atoms with Crippen molar-refractivity contribution in [2.45, 2.75) is 142 Å². The van der Waals surface area contributed by atoms with Gasteiger partial charge in [-0.2, -0.15) is 0 Å². The van der Waals surface area contributed by atoms with Gasteiger partial charge in [-0.25, -0.2) is 4.79 Å². The Balaban J connectivity index is 2.24. The highest BCUT2D eigenvalue weighted by Crippen LogP contribution is 2.37. The van der Waals surface area contributed by atoms with E-state index in [1.54, 1.807) is 20.8 Å². The number of hydrogen-bond donors (Lipinski definition) is 3. The van der Waals surface area contributed by atoms with Crippen LogP contribution >= 0.6 is 0 Å². The second kappa shape index (κ2) is 15.5. The summed E-state index contributed by atoms with van der Waals surface area (Å²) in [6.45, 7) is 15.7. The summed E-state index contributed by atoms with van der Waals surface area (Å²) in [6.07, 6.45) is -2.24. The first-order chi connectivity index (χ1) is 19.5. The van der Waals surface area contributed by atoms with Gasteiger partial charge in [0.1, 0.15) is 18.3 Å². The minimum Gasteiger partial charge on any atom is -0.458 e. The molecule has 0 aromatic rings. The Morgan fingerprint density at radius 3 is 2.45 bits per heavy atom. The van der Waals surface area contributed by atoms with Gasteiger partial charge in [-0.05, 0) is 92.4 Å². The van der Waals surface area contributed by atoms with Crippen molar-refractivity contribution in [3.63, 3.8) is 0 Å². The normalized spacial score (nSPS) is 33.2. The van der Waals surface area contributed by atoms with E-state index in [0.29, 0.717) is 38.6 Å². The number of nitrogens with one attached hydrogen (secondary N) is 1. The van der Waals surface area contributed by atoms with E-state index >= 15 is 0 Å². The first kappa shape index (κ1) is 36.7. The van der Waals surface area contributed by atoms with Crippen LogP contribution in [-0.2, 0) is 28.5 Å². The zero-order valence-corrected chi connectivity index (χ0v) is 27.7. The maximum Gasteiger partial charge on any atom is 0.509 e. The van der Waals surface area contributed by atoms with Crippen molar-refractivity contribution in [3.05, 3.63) is 0 Å². The van der Waals surface area contributed by atoms with E-state index in [1.807, 2.05) is 53.7 Å². The predicted octanol–water partition coefficient (Wildman–Crippen LogP) is 3.48. The largest absolute Gasteiger partial charge is 0.509 e. The van der Waals surface area contributed by atoms with Crippen LogP contribution in [0.2, 0.25) is 0 Å². The maximum atomic E-state index is 13.4. The minimum absolute atomic E-state index is 0.142. The molecular weight excluding hydrogens is 544 g/mol. The Bertz CT molecular complexity index is 871. The van der Waals surface area contributed by atoms with Crippen molar-refractivity contribution < 1.29 is 43.5 Å². The predicted molar refractivity (Wildman–Crippen MR) is 159 cm³/mol. The van der Waals surface area contributed by atoms with E-state index in [9.17, 15) is 19.8 Å². The number of aliphatic hydroxyl groups excluding tert-OH is 1. The molecule has 12 atom stereocenters. The second-order valence-electron chi connectivity index (χ2n) is 13.4. The molecule has 2 heterocycles. The van der Waals surface area contributed by atoms with Crippen LogP contribution in [0, 0.1) is 17.8 Å². The molecule has 2 aliphatic heterocycles. The zero-order valence-electron chi connectivity index (χ0n) is 27.7. The van der Waals surface area contributed by atoms with Crippen molar-refractivity contribution in [2.24, 2.45) is 17.8 Å². The van der Waals surface area contributed by atoms with Gasteiger partial charge in [-0.15, -0.1) is 0 Å². The average molecular weight is 603 g/mol. The van der Waals surface area contributed by atoms with Gasteiger partial charge in [0.2, 0.25) is 0 Å². The highest BCUT2D eigenvalue weighted by atomic mass is 16.8. The molecule has 0 aromatic heterocycles. The van der Waals surface area contributed by atoms with Crippen LogP contribution in [-0.4, -0.2) is 109 Å². The van der Waals surface area contributed by atoms with E-state index in [-0.39, 0.29) is 24.0 Å². The summed E-state index contributed by atoms with van der Waals surface area (Å²) < 4.78 is 29.3. The van der Waals surface area contributed by atoms with E-state index < -0.39 is 60.0 Å². The zero-order chi connectivity index (χ0) is 32.0. The SMILES string of the molecule is CC[C@H]1OC(=O)O[C@]1(C)[C@@H](CC)OC(=O)[C@H](C)C[C@H](C)[C@@H](OC1O[C@H](C)C[C@H](N(C)C)[C@H]1O)[C@](C)(O)C[C@@H](C)CNC. The molecule has 0 saturated carbocycles. The Labute approximate surface area is 252 Å². The molecule has 2 fully saturated rings. The number of carbonyl (C=O) groups is 2. The number of hydrogen-bond acceptors (Lipinski definition) is 11. The third-order valence-electron chi connectivity index (χ3n) is 8.95. The monoisotopic (exact) mass is 602 g/mol. The molecule has 0 aromatic carbocycles. The molecule has 1 unspecified atom stereocenters. The molecule has 42 heavy (non-hydrogen) atoms. The van der Waals surface area contributed by atoms with Gasteiger partial charge >= 0.3 is 12.1 Å². The molecule has 2 aliphatic rings. The van der Waals surface area contributed by atoms with Crippen molar-refractivity contribution in [2.75, 3.05) is 27.7 Å². The fourth-order valence-corrected chi connectivity index (χ4v) is 6.84. The summed E-state index contributed by atoms with van der Waals surface area (Å²) >= 11 is 0. The number of aliphatic hydroxyl groups is 2. The van der Waals surface area contributed by atoms with Crippen LogP contribution in [0.5, 0.6) is 0 Å². The Morgan fingerprint density at radius 2 is 1.90 bits per heavy atom. The summed E-state index contributed by atoms with van der Waals surface area (Å²) in [6, 6.07) is -0.162. The summed E-state index contributed by atoms with van der Waals surface area (Å²) in [5, 5.41) is 26.1. The lowest BCUT2D eigenvalue weighted by Crippen LogP contribution is -2.58. The Morgan fingerprint density at radius 1 is 1.26 bits per heavy atom. The van der Waals surface area contributed by atoms with Crippen LogP contribution < -0.4 is 5.32 Å². The molecule has 0 aliphatic carbocycles. The van der Waals surface area contributed by atoms with Crippen LogP contribution in [0.15, 0.2) is 0 Å². The van der Waals surface area contributed by atoms with Crippen LogP contribution in [0.3, 0.4) is 0 Å². The molecule has 0 spiro atoms. The summed E-state index contributed by atoms with van der Waals surface area (Å²) in [4.78, 5) is 27.2. The molecule has 0 amide bonds. The number of carbonyl (C=O) groups excluding carboxylic acids is 2. The highest BCUT2D eigenvalue weighted by Gasteiger charge is 2.54. The first-order valence-electron chi connectivity index (χ1n) is 15.6. The molecule has 11 heteroatoms. The quantitative estimate of drug-likeness (QED) is 0.224. The van der Waals surface area contributed by atoms with Crippen molar-refractivity contribution in [1.82, 2.24) is 10.2 Å². The van der Waals surface area contributed by atoms with Gasteiger partial charge in [-0.3, -0.25) is 4.79 Å². The van der Waals surface area contributed by atoms with Gasteiger partial charge in [-0.1, -0.05) is 34.6 Å². The van der Waals surface area contributed by atoms with Crippen molar-refractivity contribution in [3.8, 4) is 0 Å². The number of rotatable bonds is 16. The standard InChI is InChI=1S/C31H58N2O9/c1-12-23(31(8)24(13-2)40-29(36)42-31)39-27(35)20(5)14-19(4)26(30(7,37)16-18(3)17-32-9)41-28-25(34)22(33(10)11)15-21(6)38-28/h18-26,28,32,34,37H,12-17H2,1-11H3/t18-,19+,20-,21-,22+,23-,24-,25-,26-,28?,30-,31-/m1/s1. The van der Waals surface area contributed by atoms with Gasteiger partial charge in [0.05, 0.1) is 23.7 Å². The fourth-order valence-electron chi connectivity index (χ4n) is 6.84. The van der Waals surface area contributed by atoms with Gasteiger partial charge in [0.15, 0.2) is 11.9 Å². The van der Waals surface area contributed by atoms with Gasteiger partial charge in [0.25, 0.3) is 0 Å². The maximum absolute atomic E-state index is 13.4. The molecule has 11 nitrogen and oxygen atoms in total. The van der Waals surface area contributed by atoms with Crippen LogP contribution in [0.25, 0.3) is 0 Å². The van der Waals surface area contributed by atoms with Gasteiger partial charge in [0, 0.05) is 6.04 Å². The highest BCUT2D eigenvalue weighted by molar-refractivity contribution is 5.72. The summed E-state index contributed by atoms with van der Waals surface area (Å²) in [5.41, 5.74) is -2.35. The molecule has 246 valence electrons. The number of esters is 1. The minimum atomic E-state index is -1.28. The third kappa shape index (κ3) is 9.01. The molecule has 2 saturated heterocycles. The lowest BCUT2D eigenvalue weighted by Gasteiger charge is -2.46. The number of likely N-dealkylation sites (N-methyl/N-ethyl adjacent to an activating group) is 1. The average Bonchev–Trinajstić information content (AvgIpc) is 3.20. The molecule has 0 radical (unpaired) electrons. The Hall–Kier alpha value is -1.50. The molecular formula is C31H58N2O9. The van der Waals surface area contributed by atoms with E-state index in [0.717, 1.165) is 0 Å². The van der Waals surface area contributed by atoms with Crippen molar-refractivity contribution in [1.29, 1.82) is 0 Å². The van der Waals surface area contributed by atoms with E-state index in [2.05, 4.69) is 12.2 Å². The molecule has 2 rings (SSSR count). The van der Waals surface area contributed by atoms with Gasteiger partial charge < -0.3 is 44.1 Å². The number of cyclic esters (lactones) is 2. The van der Waals surface area contributed by atoms with Crippen LogP contribution in [0.1, 0.15) is 87.5 Å². The summed E-state index contributed by atoms with van der Waals surface area (Å²) in [5.74, 6) is -1.13. The first-order valence-corrected chi connectivity index (χ1v) is 15.6. The van der Waals surface area contributed by atoms with Crippen molar-refractivity contribution >= 4 is 12.1 Å². The second-order valence-corrected chi connectivity index (χ2v) is 13.4. The summed E-state index contributed by atoms with van der Waals surface area (Å²) in [7, 11) is 5.70. The molecule has 0 bridgehead atoms. The van der Waals surface area contributed by atoms with E-state index in [4.69, 9.17) is 23.7 Å². The Kier molecular flexibility index (Phi) is 13.5. The number of ether oxygens (including phenoxy) is 5. The smallest absolute Gasteiger partial charge is 0.458 e. The van der Waals surface area contributed by atoms with E-state index in [1.165, 1.54) is 0 Å². The van der Waals surface area contributed by atoms with Crippen LogP contribution in [0.4, 0.5) is 4.79 Å². The lowest BCUT2D eigenvalue weighted by atomic mass is 9.79. The third-order valence-corrected chi connectivity index (χ3v) is 8.95. The fraction of sp³-hybridized carbons (Fsp3) is 0.935. The topological polar surface area (TPSA) is 136 Å². The lowest BCUT2D eigenvalue weighted by molar-refractivity contribution is -0.295. The molecule has 3 N–H and O–H groups in total. The number of nitrogens with zero attached hydrogens (tertiary/aromatic N) is 1.